The molecule has 3 aromatic rings. The highest BCUT2D eigenvalue weighted by Gasteiger charge is 2.29. The van der Waals surface area contributed by atoms with Gasteiger partial charge in [-0.15, -0.1) is 0 Å². The third-order valence-corrected chi connectivity index (χ3v) is 4.69. The number of nitrogens with one attached hydrogen (secondary N) is 1. The van der Waals surface area contributed by atoms with E-state index >= 15 is 0 Å². The average molecular weight is 344 g/mol. The van der Waals surface area contributed by atoms with Crippen LogP contribution in [0.1, 0.15) is 28.5 Å². The fourth-order valence-electron chi connectivity index (χ4n) is 3.36. The number of benzene rings is 2. The summed E-state index contributed by atoms with van der Waals surface area (Å²) < 4.78 is 0. The Morgan fingerprint density at radius 1 is 1.12 bits per heavy atom. The van der Waals surface area contributed by atoms with Crippen LogP contribution in [0.2, 0.25) is 0 Å². The first-order valence-corrected chi connectivity index (χ1v) is 8.70. The molecule has 5 heteroatoms. The number of rotatable bonds is 3. The van der Waals surface area contributed by atoms with E-state index < -0.39 is 0 Å². The largest absolute Gasteiger partial charge is 0.320 e. The molecule has 4 rings (SSSR count). The van der Waals surface area contributed by atoms with Crippen molar-refractivity contribution in [3.8, 4) is 0 Å². The van der Waals surface area contributed by atoms with Gasteiger partial charge in [0.15, 0.2) is 0 Å². The van der Waals surface area contributed by atoms with E-state index in [1.54, 1.807) is 12.3 Å². The van der Waals surface area contributed by atoms with Gasteiger partial charge in [0.2, 0.25) is 5.95 Å². The predicted molar refractivity (Wildman–Crippen MR) is 103 cm³/mol. The number of aryl methyl sites for hydroxylation is 1. The molecule has 0 spiro atoms. The summed E-state index contributed by atoms with van der Waals surface area (Å²) in [5.74, 6) is 0.322. The molecule has 0 saturated carbocycles. The molecular formula is C21H20N4O. The lowest BCUT2D eigenvalue weighted by atomic mass is 10.1. The Labute approximate surface area is 152 Å². The van der Waals surface area contributed by atoms with E-state index in [1.165, 1.54) is 5.56 Å². The average Bonchev–Trinajstić information content (AvgIpc) is 2.99. The number of fused-ring (bicyclic) bond motifs is 1. The molecule has 1 unspecified atom stereocenters. The van der Waals surface area contributed by atoms with Crippen LogP contribution in [0.15, 0.2) is 60.8 Å². The summed E-state index contributed by atoms with van der Waals surface area (Å²) in [5, 5.41) is 2.93. The first kappa shape index (κ1) is 16.3. The highest BCUT2D eigenvalue weighted by atomic mass is 16.1. The predicted octanol–water partition coefficient (Wildman–Crippen LogP) is 4.12. The number of para-hydroxylation sites is 2. The summed E-state index contributed by atoms with van der Waals surface area (Å²) in [5.41, 5.74) is 4.54. The molecule has 1 amide bonds. The summed E-state index contributed by atoms with van der Waals surface area (Å²) in [6.07, 6.45) is 2.59. The highest BCUT2D eigenvalue weighted by molar-refractivity contribution is 6.03. The highest BCUT2D eigenvalue weighted by Crippen LogP contribution is 2.36. The first-order chi connectivity index (χ1) is 12.6. The number of carbonyl (C=O) groups is 1. The molecule has 0 aliphatic carbocycles. The van der Waals surface area contributed by atoms with Crippen LogP contribution in [0.4, 0.5) is 17.3 Å². The van der Waals surface area contributed by atoms with Crippen molar-refractivity contribution in [3.05, 3.63) is 77.6 Å². The number of amides is 1. The van der Waals surface area contributed by atoms with Gasteiger partial charge in [-0.25, -0.2) is 9.97 Å². The second-order valence-electron chi connectivity index (χ2n) is 6.56. The molecule has 1 aromatic heterocycles. The molecule has 1 aliphatic rings. The molecule has 1 N–H and O–H groups in total. The van der Waals surface area contributed by atoms with Crippen LogP contribution in [0.25, 0.3) is 0 Å². The minimum Gasteiger partial charge on any atom is -0.320 e. The molecule has 26 heavy (non-hydrogen) atoms. The second-order valence-corrected chi connectivity index (χ2v) is 6.56. The molecule has 1 atom stereocenters. The molecule has 0 radical (unpaired) electrons. The maximum absolute atomic E-state index is 12.6. The Balaban J connectivity index is 1.63. The van der Waals surface area contributed by atoms with Gasteiger partial charge in [-0.3, -0.25) is 4.79 Å². The molecule has 2 heterocycles. The minimum atomic E-state index is -0.233. The van der Waals surface area contributed by atoms with Gasteiger partial charge in [0.1, 0.15) is 5.69 Å². The van der Waals surface area contributed by atoms with Crippen molar-refractivity contribution in [2.45, 2.75) is 26.3 Å². The third-order valence-electron chi connectivity index (χ3n) is 4.69. The van der Waals surface area contributed by atoms with E-state index in [-0.39, 0.29) is 11.9 Å². The topological polar surface area (TPSA) is 58.1 Å². The summed E-state index contributed by atoms with van der Waals surface area (Å²) >= 11 is 0. The number of anilines is 3. The van der Waals surface area contributed by atoms with Crippen molar-refractivity contribution >= 4 is 23.2 Å². The van der Waals surface area contributed by atoms with Gasteiger partial charge >= 0.3 is 0 Å². The SMILES string of the molecule is Cc1ccccc1NC(=O)c1ccnc(N2c3ccccc3CC2C)n1. The Bertz CT molecular complexity index is 969. The first-order valence-electron chi connectivity index (χ1n) is 8.70. The van der Waals surface area contributed by atoms with Crippen molar-refractivity contribution in [2.24, 2.45) is 0 Å². The number of aromatic nitrogens is 2. The minimum absolute atomic E-state index is 0.233. The quantitative estimate of drug-likeness (QED) is 0.776. The standard InChI is InChI=1S/C21H20N4O/c1-14-7-3-5-9-17(14)23-20(26)18-11-12-22-21(24-18)25-15(2)13-16-8-4-6-10-19(16)25/h3-12,15H,13H2,1-2H3,(H,23,26). The summed E-state index contributed by atoms with van der Waals surface area (Å²) in [4.78, 5) is 23.7. The smallest absolute Gasteiger partial charge is 0.274 e. The van der Waals surface area contributed by atoms with Gasteiger partial charge in [-0.2, -0.15) is 0 Å². The van der Waals surface area contributed by atoms with Crippen LogP contribution >= 0.6 is 0 Å². The van der Waals surface area contributed by atoms with E-state index in [0.717, 1.165) is 23.4 Å². The molecule has 130 valence electrons. The van der Waals surface area contributed by atoms with Gasteiger partial charge in [-0.05, 0) is 49.6 Å². The van der Waals surface area contributed by atoms with Crippen LogP contribution in [-0.4, -0.2) is 21.9 Å². The molecule has 5 nitrogen and oxygen atoms in total. The van der Waals surface area contributed by atoms with Gasteiger partial charge in [-0.1, -0.05) is 36.4 Å². The number of nitrogens with zero attached hydrogens (tertiary/aromatic N) is 3. The van der Waals surface area contributed by atoms with E-state index in [0.29, 0.717) is 11.6 Å². The van der Waals surface area contributed by atoms with E-state index in [1.807, 2.05) is 43.3 Å². The van der Waals surface area contributed by atoms with Gasteiger partial charge < -0.3 is 10.2 Å². The van der Waals surface area contributed by atoms with Crippen molar-refractivity contribution in [2.75, 3.05) is 10.2 Å². The van der Waals surface area contributed by atoms with Crippen LogP contribution < -0.4 is 10.2 Å². The summed E-state index contributed by atoms with van der Waals surface area (Å²) in [6, 6.07) is 17.8. The van der Waals surface area contributed by atoms with Crippen LogP contribution in [0.3, 0.4) is 0 Å². The lowest BCUT2D eigenvalue weighted by molar-refractivity contribution is 0.102. The number of hydrogen-bond donors (Lipinski definition) is 1. The van der Waals surface area contributed by atoms with Crippen molar-refractivity contribution in [1.29, 1.82) is 0 Å². The lowest BCUT2D eigenvalue weighted by Gasteiger charge is -2.22. The monoisotopic (exact) mass is 344 g/mol. The normalized spacial score (nSPS) is 15.6. The molecular weight excluding hydrogens is 324 g/mol. The Morgan fingerprint density at radius 3 is 2.73 bits per heavy atom. The molecule has 1 aliphatic heterocycles. The van der Waals surface area contributed by atoms with Crippen molar-refractivity contribution in [3.63, 3.8) is 0 Å². The van der Waals surface area contributed by atoms with Gasteiger partial charge in [0, 0.05) is 23.6 Å². The van der Waals surface area contributed by atoms with Gasteiger partial charge in [0.05, 0.1) is 0 Å². The Hall–Kier alpha value is -3.21. The molecule has 0 fully saturated rings. The van der Waals surface area contributed by atoms with Crippen LogP contribution in [0, 0.1) is 6.92 Å². The zero-order valence-electron chi connectivity index (χ0n) is 14.8. The molecule has 0 bridgehead atoms. The Morgan fingerprint density at radius 2 is 1.88 bits per heavy atom. The maximum atomic E-state index is 12.6. The zero-order valence-corrected chi connectivity index (χ0v) is 14.8. The van der Waals surface area contributed by atoms with E-state index in [4.69, 9.17) is 0 Å². The fraction of sp³-hybridized carbons (Fsp3) is 0.190. The van der Waals surface area contributed by atoms with Gasteiger partial charge in [0.25, 0.3) is 5.91 Å². The van der Waals surface area contributed by atoms with Crippen LogP contribution in [0.5, 0.6) is 0 Å². The number of carbonyl (C=O) groups excluding carboxylic acids is 1. The summed E-state index contributed by atoms with van der Waals surface area (Å²) in [7, 11) is 0. The maximum Gasteiger partial charge on any atom is 0.274 e. The van der Waals surface area contributed by atoms with E-state index in [9.17, 15) is 4.79 Å². The zero-order chi connectivity index (χ0) is 18.1. The molecule has 2 aromatic carbocycles. The number of hydrogen-bond acceptors (Lipinski definition) is 4. The molecule has 0 saturated heterocycles. The summed E-state index contributed by atoms with van der Waals surface area (Å²) in [6.45, 7) is 4.10. The lowest BCUT2D eigenvalue weighted by Crippen LogP contribution is -2.27. The van der Waals surface area contributed by atoms with Crippen molar-refractivity contribution < 1.29 is 4.79 Å². The third kappa shape index (κ3) is 2.92. The van der Waals surface area contributed by atoms with Crippen LogP contribution in [-0.2, 0) is 6.42 Å². The van der Waals surface area contributed by atoms with E-state index in [2.05, 4.69) is 39.2 Å². The fourth-order valence-corrected chi connectivity index (χ4v) is 3.36. The Kier molecular flexibility index (Phi) is 4.13. The van der Waals surface area contributed by atoms with Crippen molar-refractivity contribution in [1.82, 2.24) is 9.97 Å². The second kappa shape index (κ2) is 6.59.